The molecule has 1 aliphatic heterocycles. The van der Waals surface area contributed by atoms with Crippen LogP contribution in [0.15, 0.2) is 30.1 Å². The molecule has 1 aromatic carbocycles. The van der Waals surface area contributed by atoms with Gasteiger partial charge in [-0.25, -0.2) is 5.84 Å². The normalized spacial score (nSPS) is 15.7. The van der Waals surface area contributed by atoms with Crippen LogP contribution < -0.4 is 32.7 Å². The van der Waals surface area contributed by atoms with Gasteiger partial charge in [0.2, 0.25) is 35.8 Å². The summed E-state index contributed by atoms with van der Waals surface area (Å²) in [5.74, 6) is 3.78. The summed E-state index contributed by atoms with van der Waals surface area (Å²) in [7, 11) is 0. The molecule has 0 saturated carbocycles. The first-order chi connectivity index (χ1) is 32.9. The molecular weight excluding hydrogens is 909 g/mol. The number of hydrogen-bond donors (Lipinski definition) is 7. The predicted octanol–water partition coefficient (Wildman–Crippen LogP) is 2.70. The number of benzene rings is 1. The Hall–Kier alpha value is -5.06. The molecule has 0 spiro atoms. The molecule has 1 aromatic rings. The van der Waals surface area contributed by atoms with Crippen molar-refractivity contribution in [3.8, 4) is 5.75 Å². The number of hydrogen-bond acceptors (Lipinski definition) is 16. The van der Waals surface area contributed by atoms with E-state index in [1.165, 1.54) is 9.91 Å². The van der Waals surface area contributed by atoms with Crippen molar-refractivity contribution in [3.63, 3.8) is 0 Å². The van der Waals surface area contributed by atoms with Gasteiger partial charge < -0.3 is 65.9 Å². The lowest BCUT2D eigenvalue weighted by Crippen LogP contribution is -2.47. The lowest BCUT2D eigenvalue weighted by atomic mass is 9.90. The minimum absolute atomic E-state index is 0.0147. The van der Waals surface area contributed by atoms with E-state index in [9.17, 15) is 39.0 Å². The van der Waals surface area contributed by atoms with Gasteiger partial charge in [-0.05, 0) is 61.1 Å². The van der Waals surface area contributed by atoms with Crippen molar-refractivity contribution in [3.05, 3.63) is 35.7 Å². The van der Waals surface area contributed by atoms with Gasteiger partial charge in [0.05, 0.1) is 64.3 Å². The number of rotatable bonds is 36. The number of imide groups is 1. The molecule has 1 fully saturated rings. The van der Waals surface area contributed by atoms with Crippen molar-refractivity contribution < 1.29 is 62.7 Å². The van der Waals surface area contributed by atoms with Crippen molar-refractivity contribution >= 4 is 41.2 Å². The first kappa shape index (κ1) is 61.1. The summed E-state index contributed by atoms with van der Waals surface area (Å²) < 4.78 is 28.5. The maximum absolute atomic E-state index is 13.5. The van der Waals surface area contributed by atoms with E-state index >= 15 is 0 Å². The zero-order valence-corrected chi connectivity index (χ0v) is 43.1. The van der Waals surface area contributed by atoms with Gasteiger partial charge in [0.1, 0.15) is 19.0 Å². The minimum Gasteiger partial charge on any atom is -0.481 e. The first-order valence-electron chi connectivity index (χ1n) is 24.3. The van der Waals surface area contributed by atoms with Crippen molar-refractivity contribution in [2.45, 2.75) is 119 Å². The SMILES string of the molecule is CCC(C)OC(CO)Oc1ccc(C(CC)C/C(N)=C/N(N)CCN(CC(=O)NCC(C)(C)COCC(C)(C)CC(=O)O)C(=O)COCCOCCNC(=O)CCN2C(=O)CC(C(C)C)C2=O)cc1N. The van der Waals surface area contributed by atoms with Crippen LogP contribution in [0.3, 0.4) is 0 Å². The summed E-state index contributed by atoms with van der Waals surface area (Å²) in [6.45, 7) is 17.5. The molecule has 0 bridgehead atoms. The Morgan fingerprint density at radius 3 is 2.24 bits per heavy atom. The number of likely N-dealkylation sites (tertiary alicyclic amines) is 1. The third-order valence-electron chi connectivity index (χ3n) is 11.7. The molecule has 10 N–H and O–H groups in total. The molecule has 70 heavy (non-hydrogen) atoms. The fourth-order valence-corrected chi connectivity index (χ4v) is 7.36. The Bertz CT molecular complexity index is 1860. The third-order valence-corrected chi connectivity index (χ3v) is 11.7. The monoisotopic (exact) mass is 993 g/mol. The fraction of sp³-hybridized carbons (Fsp3) is 0.714. The highest BCUT2D eigenvalue weighted by Gasteiger charge is 2.40. The van der Waals surface area contributed by atoms with Gasteiger partial charge >= 0.3 is 5.97 Å². The number of aliphatic carboxylic acids is 1. The summed E-state index contributed by atoms with van der Waals surface area (Å²) in [5.41, 5.74) is 13.5. The van der Waals surface area contributed by atoms with E-state index in [-0.39, 0.29) is 146 Å². The van der Waals surface area contributed by atoms with Crippen molar-refractivity contribution in [1.82, 2.24) is 25.4 Å². The minimum atomic E-state index is -0.915. The van der Waals surface area contributed by atoms with Crippen LogP contribution in [0.5, 0.6) is 5.75 Å². The molecule has 1 saturated heterocycles. The van der Waals surface area contributed by atoms with Crippen molar-refractivity contribution in [2.75, 3.05) is 91.3 Å². The van der Waals surface area contributed by atoms with Crippen LogP contribution in [0.1, 0.15) is 112 Å². The van der Waals surface area contributed by atoms with E-state index in [2.05, 4.69) is 10.6 Å². The van der Waals surface area contributed by atoms with Crippen molar-refractivity contribution in [1.29, 1.82) is 0 Å². The molecule has 398 valence electrons. The number of ether oxygens (including phenoxy) is 5. The number of carbonyl (C=O) groups is 6. The van der Waals surface area contributed by atoms with E-state index in [0.29, 0.717) is 23.6 Å². The van der Waals surface area contributed by atoms with Gasteiger partial charge in [-0.1, -0.05) is 61.5 Å². The van der Waals surface area contributed by atoms with E-state index in [0.717, 1.165) is 23.3 Å². The highest BCUT2D eigenvalue weighted by Crippen LogP contribution is 2.32. The number of allylic oxidation sites excluding steroid dienone is 1. The number of hydrazine groups is 1. The van der Waals surface area contributed by atoms with Gasteiger partial charge in [0.25, 0.3) is 0 Å². The molecule has 2 rings (SSSR count). The number of nitrogen functional groups attached to an aromatic ring is 1. The third kappa shape index (κ3) is 23.2. The molecule has 1 heterocycles. The Kier molecular flexibility index (Phi) is 26.7. The number of anilines is 1. The Labute approximate surface area is 414 Å². The van der Waals surface area contributed by atoms with Crippen LogP contribution in [0.4, 0.5) is 5.69 Å². The molecule has 4 atom stereocenters. The molecule has 4 unspecified atom stereocenters. The van der Waals surface area contributed by atoms with E-state index in [1.54, 1.807) is 26.1 Å². The van der Waals surface area contributed by atoms with Gasteiger partial charge in [-0.15, -0.1) is 0 Å². The van der Waals surface area contributed by atoms with Gasteiger partial charge in [0, 0.05) is 62.3 Å². The lowest BCUT2D eigenvalue weighted by Gasteiger charge is -2.29. The fourth-order valence-electron chi connectivity index (χ4n) is 7.36. The van der Waals surface area contributed by atoms with E-state index < -0.39 is 34.9 Å². The predicted molar refractivity (Wildman–Crippen MR) is 263 cm³/mol. The molecule has 0 radical (unpaired) electrons. The number of aliphatic hydroxyl groups excluding tert-OH is 1. The van der Waals surface area contributed by atoms with Crippen LogP contribution in [0.25, 0.3) is 0 Å². The van der Waals surface area contributed by atoms with Crippen LogP contribution in [-0.4, -0.2) is 158 Å². The number of nitrogens with one attached hydrogen (secondary N) is 2. The van der Waals surface area contributed by atoms with Gasteiger partial charge in [0.15, 0.2) is 0 Å². The number of carboxylic acid groups (broad SMARTS) is 1. The first-order valence-corrected chi connectivity index (χ1v) is 24.3. The van der Waals surface area contributed by atoms with Gasteiger partial charge in [-0.2, -0.15) is 0 Å². The number of nitrogens with two attached hydrogens (primary N) is 3. The summed E-state index contributed by atoms with van der Waals surface area (Å²) in [4.78, 5) is 77.6. The molecule has 1 aliphatic rings. The zero-order chi connectivity index (χ0) is 52.6. The summed E-state index contributed by atoms with van der Waals surface area (Å²) in [6.07, 6.45) is 2.63. The topological polar surface area (TPSA) is 301 Å². The average molecular weight is 993 g/mol. The number of nitrogens with zero attached hydrogens (tertiary/aromatic N) is 3. The standard InChI is InChI=1S/C49H84N8O13/c1-10-34(5)69-46(28-58)70-40-13-12-36(23-39(40)51)35(11-2)22-37(50)26-56(52)18-17-55(27-42(60)54-30-49(8,9)32-68-31-48(6,7)25-45(63)64)44(62)29-67-21-20-66-19-15-53-41(59)14-16-57-43(61)24-38(33(3)4)47(57)65/h12-13,23,26,33-35,38,46,58H,10-11,14-22,24-25,27-32,50-52H2,1-9H3,(H,53,59)(H,54,60)(H,63,64)/b37-26-. The number of carbonyl (C=O) groups excluding carboxylic acids is 5. The van der Waals surface area contributed by atoms with Crippen LogP contribution >= 0.6 is 0 Å². The number of amides is 5. The molecule has 5 amide bonds. The molecule has 21 nitrogen and oxygen atoms in total. The molecular formula is C49H84N8O13. The lowest BCUT2D eigenvalue weighted by molar-refractivity contribution is -0.141. The summed E-state index contributed by atoms with van der Waals surface area (Å²) >= 11 is 0. The highest BCUT2D eigenvalue weighted by atomic mass is 16.7. The molecule has 21 heteroatoms. The van der Waals surface area contributed by atoms with Gasteiger partial charge in [-0.3, -0.25) is 33.7 Å². The van der Waals surface area contributed by atoms with E-state index in [4.69, 9.17) is 41.0 Å². The Balaban J connectivity index is 1.97. The Morgan fingerprint density at radius 1 is 0.943 bits per heavy atom. The Morgan fingerprint density at radius 2 is 1.63 bits per heavy atom. The van der Waals surface area contributed by atoms with Crippen LogP contribution in [0.2, 0.25) is 0 Å². The van der Waals surface area contributed by atoms with Crippen LogP contribution in [-0.2, 0) is 47.7 Å². The summed E-state index contributed by atoms with van der Waals surface area (Å²) in [5, 5.41) is 25.9. The molecule has 0 aliphatic carbocycles. The number of carboxylic acids is 1. The largest absolute Gasteiger partial charge is 0.481 e. The molecule has 0 aromatic heterocycles. The maximum Gasteiger partial charge on any atom is 0.303 e. The van der Waals surface area contributed by atoms with E-state index in [1.807, 2.05) is 60.6 Å². The second kappa shape index (κ2) is 30.6. The average Bonchev–Trinajstić information content (AvgIpc) is 3.57. The smallest absolute Gasteiger partial charge is 0.303 e. The second-order valence-electron chi connectivity index (χ2n) is 19.8. The maximum atomic E-state index is 13.5. The van der Waals surface area contributed by atoms with Crippen molar-refractivity contribution in [2.24, 2.45) is 34.2 Å². The highest BCUT2D eigenvalue weighted by molar-refractivity contribution is 6.03. The number of aliphatic hydroxyl groups is 1. The summed E-state index contributed by atoms with van der Waals surface area (Å²) in [6, 6.07) is 5.44. The quantitative estimate of drug-likeness (QED) is 0.0127. The van der Waals surface area contributed by atoms with Crippen LogP contribution in [0, 0.1) is 22.7 Å². The zero-order valence-electron chi connectivity index (χ0n) is 43.1. The second-order valence-corrected chi connectivity index (χ2v) is 19.8.